The fraction of sp³-hybridized carbons (Fsp3) is 0.611. The first kappa shape index (κ1) is 16.2. The van der Waals surface area contributed by atoms with Crippen molar-refractivity contribution < 1.29 is 9.18 Å². The van der Waals surface area contributed by atoms with E-state index in [1.54, 1.807) is 0 Å². The number of halogens is 1. The molecule has 2 nitrogen and oxygen atoms in total. The lowest BCUT2D eigenvalue weighted by Gasteiger charge is -2.39. The fourth-order valence-corrected chi connectivity index (χ4v) is 3.74. The Morgan fingerprint density at radius 1 is 1.19 bits per heavy atom. The molecule has 3 heteroatoms. The molecule has 1 fully saturated rings. The summed E-state index contributed by atoms with van der Waals surface area (Å²) in [4.78, 5) is 15.5. The summed E-state index contributed by atoms with van der Waals surface area (Å²) in [5, 5.41) is 0. The van der Waals surface area contributed by atoms with Gasteiger partial charge in [-0.2, -0.15) is 0 Å². The molecule has 116 valence electrons. The van der Waals surface area contributed by atoms with Crippen molar-refractivity contribution in [3.05, 3.63) is 34.6 Å². The highest BCUT2D eigenvalue weighted by Gasteiger charge is 2.43. The molecule has 21 heavy (non-hydrogen) atoms. The summed E-state index contributed by atoms with van der Waals surface area (Å²) < 4.78 is 14.4. The van der Waals surface area contributed by atoms with Crippen LogP contribution in [-0.4, -0.2) is 29.3 Å². The van der Waals surface area contributed by atoms with Gasteiger partial charge in [0.1, 0.15) is 5.82 Å². The van der Waals surface area contributed by atoms with Crippen LogP contribution in [0.2, 0.25) is 0 Å². The van der Waals surface area contributed by atoms with E-state index in [0.717, 1.165) is 49.9 Å². The minimum Gasteiger partial charge on any atom is -0.292 e. The van der Waals surface area contributed by atoms with Crippen LogP contribution < -0.4 is 0 Å². The lowest BCUT2D eigenvalue weighted by molar-refractivity contribution is 0.0576. The Morgan fingerprint density at radius 2 is 1.76 bits per heavy atom. The van der Waals surface area contributed by atoms with Crippen molar-refractivity contribution in [1.29, 1.82) is 0 Å². The minimum absolute atomic E-state index is 0.0376. The Hall–Kier alpha value is -1.22. The predicted octanol–water partition coefficient (Wildman–Crippen LogP) is 4.28. The van der Waals surface area contributed by atoms with Crippen LogP contribution in [0, 0.1) is 19.7 Å². The van der Waals surface area contributed by atoms with Gasteiger partial charge in [-0.15, -0.1) is 0 Å². The average Bonchev–Trinajstić information content (AvgIpc) is 2.94. The van der Waals surface area contributed by atoms with Crippen molar-refractivity contribution in [2.45, 2.75) is 58.9 Å². The van der Waals surface area contributed by atoms with Crippen LogP contribution in [0.1, 0.15) is 61.0 Å². The lowest BCUT2D eigenvalue weighted by atomic mass is 9.81. The van der Waals surface area contributed by atoms with Crippen LogP contribution in [0.4, 0.5) is 4.39 Å². The van der Waals surface area contributed by atoms with Gasteiger partial charge in [0.25, 0.3) is 0 Å². The van der Waals surface area contributed by atoms with E-state index in [1.807, 2.05) is 33.8 Å². The van der Waals surface area contributed by atoms with Crippen LogP contribution in [0.3, 0.4) is 0 Å². The highest BCUT2D eigenvalue weighted by molar-refractivity contribution is 6.04. The molecule has 1 aliphatic heterocycles. The van der Waals surface area contributed by atoms with Crippen LogP contribution in [-0.2, 0) is 0 Å². The molecule has 0 saturated carbocycles. The van der Waals surface area contributed by atoms with Gasteiger partial charge < -0.3 is 0 Å². The van der Waals surface area contributed by atoms with E-state index in [2.05, 4.69) is 4.90 Å². The minimum atomic E-state index is -0.544. The first-order chi connectivity index (χ1) is 9.96. The van der Waals surface area contributed by atoms with Crippen molar-refractivity contribution in [2.75, 3.05) is 13.1 Å². The zero-order valence-corrected chi connectivity index (χ0v) is 13.6. The zero-order valence-electron chi connectivity index (χ0n) is 13.6. The molecule has 0 radical (unpaired) electrons. The Kier molecular flexibility index (Phi) is 4.82. The average molecular weight is 291 g/mol. The van der Waals surface area contributed by atoms with E-state index in [4.69, 9.17) is 0 Å². The molecule has 2 rings (SSSR count). The fourth-order valence-electron chi connectivity index (χ4n) is 3.74. The maximum absolute atomic E-state index is 14.4. The smallest absolute Gasteiger partial charge is 0.186 e. The lowest BCUT2D eigenvalue weighted by Crippen LogP contribution is -2.53. The molecule has 0 aliphatic carbocycles. The van der Waals surface area contributed by atoms with Gasteiger partial charge in [0, 0.05) is 0 Å². The van der Waals surface area contributed by atoms with Gasteiger partial charge >= 0.3 is 0 Å². The SMILES string of the molecule is CCC(CC)(C(=O)c1c(C)cc(C)cc1F)N1CCCC1. The van der Waals surface area contributed by atoms with E-state index in [9.17, 15) is 9.18 Å². The molecule has 0 bridgehead atoms. The Morgan fingerprint density at radius 3 is 2.24 bits per heavy atom. The van der Waals surface area contributed by atoms with E-state index in [-0.39, 0.29) is 17.2 Å². The third-order valence-electron chi connectivity index (χ3n) is 4.96. The van der Waals surface area contributed by atoms with E-state index in [1.165, 1.54) is 6.07 Å². The molecule has 1 saturated heterocycles. The first-order valence-corrected chi connectivity index (χ1v) is 8.03. The molecule has 1 aromatic rings. The standard InChI is InChI=1S/C18H26FNO/c1-5-18(6-2,20-9-7-8-10-20)17(21)16-14(4)11-13(3)12-15(16)19/h11-12H,5-10H2,1-4H3. The second-order valence-corrected chi connectivity index (χ2v) is 6.20. The molecule has 1 aliphatic rings. The van der Waals surface area contributed by atoms with Gasteiger partial charge in [0.2, 0.25) is 0 Å². The van der Waals surface area contributed by atoms with Crippen molar-refractivity contribution in [2.24, 2.45) is 0 Å². The van der Waals surface area contributed by atoms with Crippen molar-refractivity contribution in [3.63, 3.8) is 0 Å². The summed E-state index contributed by atoms with van der Waals surface area (Å²) in [6.07, 6.45) is 3.72. The summed E-state index contributed by atoms with van der Waals surface area (Å²) in [5.41, 5.74) is 1.36. The number of nitrogens with zero attached hydrogens (tertiary/aromatic N) is 1. The molecule has 0 unspecified atom stereocenters. The number of Topliss-reactive ketones (excluding diaryl/α,β-unsaturated/α-hetero) is 1. The van der Waals surface area contributed by atoms with Gasteiger partial charge in [-0.3, -0.25) is 9.69 Å². The monoisotopic (exact) mass is 291 g/mol. The molecule has 1 heterocycles. The summed E-state index contributed by atoms with van der Waals surface area (Å²) >= 11 is 0. The summed E-state index contributed by atoms with van der Waals surface area (Å²) in [6.45, 7) is 9.67. The summed E-state index contributed by atoms with van der Waals surface area (Å²) in [6, 6.07) is 3.37. The number of carbonyl (C=O) groups is 1. The third kappa shape index (κ3) is 2.76. The van der Waals surface area contributed by atoms with E-state index in [0.29, 0.717) is 0 Å². The maximum Gasteiger partial charge on any atom is 0.186 e. The van der Waals surface area contributed by atoms with Gasteiger partial charge in [0.05, 0.1) is 11.1 Å². The Bertz CT molecular complexity index is 505. The van der Waals surface area contributed by atoms with Gasteiger partial charge in [-0.1, -0.05) is 19.9 Å². The van der Waals surface area contributed by atoms with E-state index < -0.39 is 5.54 Å². The second-order valence-electron chi connectivity index (χ2n) is 6.20. The number of carbonyl (C=O) groups excluding carboxylic acids is 1. The molecular formula is C18H26FNO. The third-order valence-corrected chi connectivity index (χ3v) is 4.96. The zero-order chi connectivity index (χ0) is 15.6. The largest absolute Gasteiger partial charge is 0.292 e. The number of rotatable bonds is 5. The number of likely N-dealkylation sites (tertiary alicyclic amines) is 1. The number of aryl methyl sites for hydroxylation is 2. The van der Waals surface area contributed by atoms with E-state index >= 15 is 0 Å². The van der Waals surface area contributed by atoms with Gasteiger partial charge in [-0.25, -0.2) is 4.39 Å². The summed E-state index contributed by atoms with van der Waals surface area (Å²) in [7, 11) is 0. The Labute approximate surface area is 127 Å². The quantitative estimate of drug-likeness (QED) is 0.755. The van der Waals surface area contributed by atoms with Gasteiger partial charge in [0.15, 0.2) is 5.78 Å². The van der Waals surface area contributed by atoms with Crippen molar-refractivity contribution in [1.82, 2.24) is 4.90 Å². The van der Waals surface area contributed by atoms with Crippen LogP contribution in [0.5, 0.6) is 0 Å². The second kappa shape index (κ2) is 6.27. The highest BCUT2D eigenvalue weighted by Crippen LogP contribution is 2.33. The first-order valence-electron chi connectivity index (χ1n) is 8.03. The normalized spacial score (nSPS) is 16.4. The molecule has 0 spiro atoms. The van der Waals surface area contributed by atoms with Crippen LogP contribution in [0.25, 0.3) is 0 Å². The molecule has 0 atom stereocenters. The molecule has 0 N–H and O–H groups in total. The number of hydrogen-bond acceptors (Lipinski definition) is 2. The van der Waals surface area contributed by atoms with Gasteiger partial charge in [-0.05, 0) is 69.8 Å². The van der Waals surface area contributed by atoms with Crippen molar-refractivity contribution in [3.8, 4) is 0 Å². The van der Waals surface area contributed by atoms with Crippen molar-refractivity contribution >= 4 is 5.78 Å². The number of ketones is 1. The molecule has 0 amide bonds. The highest BCUT2D eigenvalue weighted by atomic mass is 19.1. The van der Waals surface area contributed by atoms with Crippen LogP contribution in [0.15, 0.2) is 12.1 Å². The molecular weight excluding hydrogens is 265 g/mol. The Balaban J connectivity index is 2.48. The predicted molar refractivity (Wildman–Crippen MR) is 84.3 cm³/mol. The van der Waals surface area contributed by atoms with Crippen LogP contribution >= 0.6 is 0 Å². The summed E-state index contributed by atoms with van der Waals surface area (Å²) in [5.74, 6) is -0.410. The number of benzene rings is 1. The maximum atomic E-state index is 14.4. The molecule has 0 aromatic heterocycles. The topological polar surface area (TPSA) is 20.3 Å². The molecule has 1 aromatic carbocycles. The number of hydrogen-bond donors (Lipinski definition) is 0.